The largest absolute Gasteiger partial charge is 0.495 e. The summed E-state index contributed by atoms with van der Waals surface area (Å²) >= 11 is 6.08. The van der Waals surface area contributed by atoms with Crippen LogP contribution in [0.2, 0.25) is 5.02 Å². The van der Waals surface area contributed by atoms with Crippen molar-refractivity contribution in [3.63, 3.8) is 0 Å². The van der Waals surface area contributed by atoms with Gasteiger partial charge >= 0.3 is 0 Å². The Morgan fingerprint density at radius 2 is 1.81 bits per heavy atom. The summed E-state index contributed by atoms with van der Waals surface area (Å²) in [4.78, 5) is 0. The molecule has 0 spiro atoms. The van der Waals surface area contributed by atoms with Crippen molar-refractivity contribution in [1.29, 1.82) is 0 Å². The van der Waals surface area contributed by atoms with Gasteiger partial charge in [0.1, 0.15) is 11.4 Å². The lowest BCUT2D eigenvalue weighted by Gasteiger charge is -2.10. The number of benzene rings is 2. The fraction of sp³-hybridized carbons (Fsp3) is 0.125. The van der Waals surface area contributed by atoms with E-state index in [-0.39, 0.29) is 0 Å². The lowest BCUT2D eigenvalue weighted by atomic mass is 10.0. The molecule has 106 valence electrons. The first kappa shape index (κ1) is 13.6. The maximum absolute atomic E-state index is 6.08. The van der Waals surface area contributed by atoms with Gasteiger partial charge in [0.25, 0.3) is 0 Å². The summed E-state index contributed by atoms with van der Waals surface area (Å²) < 4.78 is 5.27. The maximum Gasteiger partial charge on any atom is 0.156 e. The van der Waals surface area contributed by atoms with E-state index >= 15 is 0 Å². The average Bonchev–Trinajstić information content (AvgIpc) is 2.54. The molecule has 0 radical (unpaired) electrons. The van der Waals surface area contributed by atoms with Crippen molar-refractivity contribution in [2.24, 2.45) is 0 Å². The lowest BCUT2D eigenvalue weighted by molar-refractivity contribution is 0.415. The van der Waals surface area contributed by atoms with Crippen molar-refractivity contribution in [3.05, 3.63) is 47.5 Å². The molecule has 0 aliphatic rings. The second kappa shape index (κ2) is 5.58. The van der Waals surface area contributed by atoms with Gasteiger partial charge in [-0.25, -0.2) is 0 Å². The van der Waals surface area contributed by atoms with Crippen LogP contribution in [0, 0.1) is 0 Å². The van der Waals surface area contributed by atoms with Gasteiger partial charge in [-0.1, -0.05) is 41.9 Å². The predicted molar refractivity (Wildman–Crippen MR) is 86.1 cm³/mol. The fourth-order valence-corrected chi connectivity index (χ4v) is 2.50. The van der Waals surface area contributed by atoms with Crippen LogP contribution in [0.25, 0.3) is 22.0 Å². The molecule has 0 aliphatic heterocycles. The van der Waals surface area contributed by atoms with Gasteiger partial charge in [0, 0.05) is 23.4 Å². The average molecular weight is 300 g/mol. The van der Waals surface area contributed by atoms with Crippen molar-refractivity contribution in [2.75, 3.05) is 19.5 Å². The quantitative estimate of drug-likeness (QED) is 0.794. The van der Waals surface area contributed by atoms with Gasteiger partial charge < -0.3 is 10.1 Å². The monoisotopic (exact) mass is 299 g/mol. The van der Waals surface area contributed by atoms with E-state index in [2.05, 4.69) is 15.5 Å². The molecule has 2 aromatic carbocycles. The third-order valence-corrected chi connectivity index (χ3v) is 3.66. The predicted octanol–water partition coefficient (Wildman–Crippen LogP) is 4.00. The van der Waals surface area contributed by atoms with Crippen LogP contribution < -0.4 is 10.1 Å². The molecule has 0 aliphatic carbocycles. The van der Waals surface area contributed by atoms with Gasteiger partial charge in [-0.3, -0.25) is 0 Å². The lowest BCUT2D eigenvalue weighted by Crippen LogP contribution is -1.98. The van der Waals surface area contributed by atoms with Gasteiger partial charge in [0.05, 0.1) is 12.1 Å². The third-order valence-electron chi connectivity index (χ3n) is 3.35. The smallest absolute Gasteiger partial charge is 0.156 e. The molecule has 3 rings (SSSR count). The SMILES string of the molecule is CNc1nnc(-c2ccc(Cl)c(OC)c2)c2ccccc12. The molecular weight excluding hydrogens is 286 g/mol. The summed E-state index contributed by atoms with van der Waals surface area (Å²) in [6, 6.07) is 13.6. The summed E-state index contributed by atoms with van der Waals surface area (Å²) in [7, 11) is 3.43. The summed E-state index contributed by atoms with van der Waals surface area (Å²) in [6.07, 6.45) is 0. The highest BCUT2D eigenvalue weighted by Crippen LogP contribution is 2.33. The van der Waals surface area contributed by atoms with Gasteiger partial charge in [-0.2, -0.15) is 0 Å². The van der Waals surface area contributed by atoms with Gasteiger partial charge in [0.15, 0.2) is 5.82 Å². The molecule has 0 unspecified atom stereocenters. The number of hydrogen-bond donors (Lipinski definition) is 1. The zero-order valence-electron chi connectivity index (χ0n) is 11.7. The molecule has 0 amide bonds. The van der Waals surface area contributed by atoms with E-state index in [0.717, 1.165) is 27.8 Å². The molecule has 1 heterocycles. The molecule has 1 aromatic heterocycles. The molecule has 0 atom stereocenters. The summed E-state index contributed by atoms with van der Waals surface area (Å²) in [5.41, 5.74) is 1.72. The number of rotatable bonds is 3. The topological polar surface area (TPSA) is 47.0 Å². The normalized spacial score (nSPS) is 10.6. The zero-order valence-corrected chi connectivity index (χ0v) is 12.5. The van der Waals surface area contributed by atoms with Gasteiger partial charge in [0.2, 0.25) is 0 Å². The second-order valence-corrected chi connectivity index (χ2v) is 4.95. The van der Waals surface area contributed by atoms with E-state index < -0.39 is 0 Å². The molecule has 3 aromatic rings. The molecule has 0 bridgehead atoms. The highest BCUT2D eigenvalue weighted by atomic mass is 35.5. The maximum atomic E-state index is 6.08. The van der Waals surface area contributed by atoms with Crippen LogP contribution >= 0.6 is 11.6 Å². The highest BCUT2D eigenvalue weighted by molar-refractivity contribution is 6.32. The Labute approximate surface area is 127 Å². The standard InChI is InChI=1S/C16H14ClN3O/c1-18-16-12-6-4-3-5-11(12)15(19-20-16)10-7-8-13(17)14(9-10)21-2/h3-9H,1-2H3,(H,18,20). The number of aromatic nitrogens is 2. The molecule has 5 heteroatoms. The number of halogens is 1. The number of nitrogens with one attached hydrogen (secondary N) is 1. The van der Waals surface area contributed by atoms with E-state index in [1.165, 1.54) is 0 Å². The van der Waals surface area contributed by atoms with Gasteiger partial charge in [-0.15, -0.1) is 10.2 Å². The Kier molecular flexibility index (Phi) is 3.62. The fourth-order valence-electron chi connectivity index (χ4n) is 2.31. The Hall–Kier alpha value is -2.33. The van der Waals surface area contributed by atoms with E-state index in [1.54, 1.807) is 13.2 Å². The number of nitrogens with zero attached hydrogens (tertiary/aromatic N) is 2. The van der Waals surface area contributed by atoms with Gasteiger partial charge in [-0.05, 0) is 12.1 Å². The van der Waals surface area contributed by atoms with E-state index in [1.807, 2.05) is 43.4 Å². The van der Waals surface area contributed by atoms with Crippen molar-refractivity contribution < 1.29 is 4.74 Å². The molecule has 4 nitrogen and oxygen atoms in total. The molecule has 0 saturated carbocycles. The highest BCUT2D eigenvalue weighted by Gasteiger charge is 2.11. The van der Waals surface area contributed by atoms with Crippen LogP contribution in [0.4, 0.5) is 5.82 Å². The number of fused-ring (bicyclic) bond motifs is 1. The molecule has 0 saturated heterocycles. The van der Waals surface area contributed by atoms with Crippen LogP contribution in [-0.4, -0.2) is 24.4 Å². The number of hydrogen-bond acceptors (Lipinski definition) is 4. The summed E-state index contributed by atoms with van der Waals surface area (Å²) in [5, 5.41) is 14.3. The van der Waals surface area contributed by atoms with Crippen molar-refractivity contribution in [3.8, 4) is 17.0 Å². The summed E-state index contributed by atoms with van der Waals surface area (Å²) in [6.45, 7) is 0. The Morgan fingerprint density at radius 3 is 2.52 bits per heavy atom. The Morgan fingerprint density at radius 1 is 1.05 bits per heavy atom. The van der Waals surface area contributed by atoms with Crippen molar-refractivity contribution >= 4 is 28.2 Å². The van der Waals surface area contributed by atoms with Crippen LogP contribution in [0.3, 0.4) is 0 Å². The minimum absolute atomic E-state index is 0.574. The van der Waals surface area contributed by atoms with Crippen LogP contribution in [0.15, 0.2) is 42.5 Å². The number of methoxy groups -OCH3 is 1. The minimum Gasteiger partial charge on any atom is -0.495 e. The number of ether oxygens (including phenoxy) is 1. The van der Waals surface area contributed by atoms with E-state index in [0.29, 0.717) is 10.8 Å². The van der Waals surface area contributed by atoms with E-state index in [4.69, 9.17) is 16.3 Å². The molecule has 0 fully saturated rings. The first-order valence-electron chi connectivity index (χ1n) is 6.51. The minimum atomic E-state index is 0.574. The van der Waals surface area contributed by atoms with Crippen LogP contribution in [0.1, 0.15) is 0 Å². The van der Waals surface area contributed by atoms with Crippen LogP contribution in [-0.2, 0) is 0 Å². The van der Waals surface area contributed by atoms with Crippen molar-refractivity contribution in [2.45, 2.75) is 0 Å². The Balaban J connectivity index is 2.26. The summed E-state index contributed by atoms with van der Waals surface area (Å²) in [5.74, 6) is 1.38. The third kappa shape index (κ3) is 2.38. The second-order valence-electron chi connectivity index (χ2n) is 4.54. The molecule has 1 N–H and O–H groups in total. The molecular formula is C16H14ClN3O. The van der Waals surface area contributed by atoms with Crippen LogP contribution in [0.5, 0.6) is 5.75 Å². The Bertz CT molecular complexity index is 805. The first-order chi connectivity index (χ1) is 10.2. The molecule has 21 heavy (non-hydrogen) atoms. The number of anilines is 1. The van der Waals surface area contributed by atoms with Crippen molar-refractivity contribution in [1.82, 2.24) is 10.2 Å². The van der Waals surface area contributed by atoms with E-state index in [9.17, 15) is 0 Å². The first-order valence-corrected chi connectivity index (χ1v) is 6.89. The zero-order chi connectivity index (χ0) is 14.8.